The summed E-state index contributed by atoms with van der Waals surface area (Å²) in [6, 6.07) is 0. The summed E-state index contributed by atoms with van der Waals surface area (Å²) in [4.78, 5) is 0. The molecule has 1 aliphatic heterocycles. The van der Waals surface area contributed by atoms with E-state index < -0.39 is 17.6 Å². The van der Waals surface area contributed by atoms with Crippen LogP contribution in [0.4, 0.5) is 0 Å². The summed E-state index contributed by atoms with van der Waals surface area (Å²) in [5, 5.41) is 0. The van der Waals surface area contributed by atoms with E-state index in [2.05, 4.69) is 0 Å². The first-order valence-electron chi connectivity index (χ1n) is 4.14. The predicted molar refractivity (Wildman–Crippen MR) is 51.4 cm³/mol. The molecule has 1 fully saturated rings. The van der Waals surface area contributed by atoms with Gasteiger partial charge in [0.1, 0.15) is 12.5 Å². The maximum Gasteiger partial charge on any atom is 0.526 e. The molecule has 0 aromatic carbocycles. The van der Waals surface area contributed by atoms with Gasteiger partial charge < -0.3 is 26.6 Å². The lowest BCUT2D eigenvalue weighted by Crippen LogP contribution is -2.64. The molecule has 0 aliphatic carbocycles. The molecule has 0 aromatic heterocycles. The molecule has 1 saturated heterocycles. The molecule has 8 heteroatoms. The van der Waals surface area contributed by atoms with Crippen LogP contribution in [-0.4, -0.2) is 58.5 Å². The Kier molecular flexibility index (Phi) is 4.21. The van der Waals surface area contributed by atoms with Gasteiger partial charge in [-0.1, -0.05) is 0 Å². The first-order chi connectivity index (χ1) is 6.66. The van der Waals surface area contributed by atoms with Gasteiger partial charge in [-0.25, -0.2) is 0 Å². The van der Waals surface area contributed by atoms with Crippen LogP contribution in [0.1, 0.15) is 0 Å². The molecule has 0 radical (unpaired) electrons. The Morgan fingerprint density at radius 1 is 0.714 bits per heavy atom. The summed E-state index contributed by atoms with van der Waals surface area (Å²) in [6.07, 6.45) is 0.543. The van der Waals surface area contributed by atoms with Crippen molar-refractivity contribution in [2.45, 2.75) is 0 Å². The van der Waals surface area contributed by atoms with Crippen LogP contribution in [0.15, 0.2) is 0 Å². The Morgan fingerprint density at radius 3 is 1.14 bits per heavy atom. The average molecular weight is 240 g/mol. The SMILES string of the molecule is CO[Si]1(OC)CO[Si](OC)(OC)CO1. The monoisotopic (exact) mass is 240 g/mol. The summed E-state index contributed by atoms with van der Waals surface area (Å²) in [5.41, 5.74) is 0. The van der Waals surface area contributed by atoms with E-state index in [0.29, 0.717) is 0 Å². The smallest absolute Gasteiger partial charge is 0.376 e. The largest absolute Gasteiger partial charge is 0.526 e. The standard InChI is InChI=1S/C6H16O6Si2/c1-7-13(8-2)5-12-14(9-3,10-4)6-11-13/h5-6H2,1-4H3. The fourth-order valence-corrected chi connectivity index (χ4v) is 5.73. The molecule has 84 valence electrons. The van der Waals surface area contributed by atoms with Crippen molar-refractivity contribution >= 4 is 17.6 Å². The third kappa shape index (κ3) is 2.23. The quantitative estimate of drug-likeness (QED) is 0.622. The normalized spacial score (nSPS) is 24.9. The Balaban J connectivity index is 2.59. The zero-order valence-electron chi connectivity index (χ0n) is 8.86. The minimum absolute atomic E-state index is 0.272. The fourth-order valence-electron chi connectivity index (χ4n) is 1.12. The van der Waals surface area contributed by atoms with E-state index in [-0.39, 0.29) is 12.5 Å². The van der Waals surface area contributed by atoms with Crippen molar-refractivity contribution in [2.75, 3.05) is 40.9 Å². The molecule has 0 bridgehead atoms. The Labute approximate surface area is 85.7 Å². The van der Waals surface area contributed by atoms with Gasteiger partial charge in [-0.3, -0.25) is 0 Å². The van der Waals surface area contributed by atoms with Crippen LogP contribution in [0, 0.1) is 0 Å². The van der Waals surface area contributed by atoms with E-state index in [9.17, 15) is 0 Å². The molecule has 0 amide bonds. The third-order valence-electron chi connectivity index (χ3n) is 2.18. The molecule has 0 saturated carbocycles. The Morgan fingerprint density at radius 2 is 1.00 bits per heavy atom. The summed E-state index contributed by atoms with van der Waals surface area (Å²) < 4.78 is 31.8. The molecular formula is C6H16O6Si2. The maximum atomic E-state index is 5.54. The first kappa shape index (κ1) is 12.3. The van der Waals surface area contributed by atoms with E-state index in [0.717, 1.165) is 0 Å². The van der Waals surface area contributed by atoms with Crippen molar-refractivity contribution in [2.24, 2.45) is 0 Å². The zero-order chi connectivity index (χ0) is 10.7. The molecule has 1 rings (SSSR count). The summed E-state index contributed by atoms with van der Waals surface area (Å²) in [7, 11) is 0.997. The van der Waals surface area contributed by atoms with Crippen LogP contribution >= 0.6 is 0 Å². The molecule has 6 nitrogen and oxygen atoms in total. The van der Waals surface area contributed by atoms with Crippen LogP contribution in [0.5, 0.6) is 0 Å². The van der Waals surface area contributed by atoms with Crippen LogP contribution in [0.2, 0.25) is 0 Å². The van der Waals surface area contributed by atoms with Gasteiger partial charge in [-0.05, 0) is 0 Å². The van der Waals surface area contributed by atoms with Crippen molar-refractivity contribution in [3.8, 4) is 0 Å². The first-order valence-corrected chi connectivity index (χ1v) is 8.01. The second-order valence-corrected chi connectivity index (χ2v) is 8.28. The topological polar surface area (TPSA) is 55.4 Å². The molecule has 0 aromatic rings. The lowest BCUT2D eigenvalue weighted by molar-refractivity contribution is 0.00526. The van der Waals surface area contributed by atoms with Gasteiger partial charge in [-0.15, -0.1) is 0 Å². The van der Waals surface area contributed by atoms with Crippen molar-refractivity contribution in [3.05, 3.63) is 0 Å². The summed E-state index contributed by atoms with van der Waals surface area (Å²) >= 11 is 0. The highest BCUT2D eigenvalue weighted by Crippen LogP contribution is 2.21. The maximum absolute atomic E-state index is 5.54. The van der Waals surface area contributed by atoms with Gasteiger partial charge >= 0.3 is 17.6 Å². The molecule has 0 N–H and O–H groups in total. The number of hydrogen-bond acceptors (Lipinski definition) is 6. The number of hydrogen-bond donors (Lipinski definition) is 0. The second kappa shape index (κ2) is 4.81. The van der Waals surface area contributed by atoms with E-state index >= 15 is 0 Å². The highest BCUT2D eigenvalue weighted by atomic mass is 28.4. The third-order valence-corrected chi connectivity index (χ3v) is 7.41. The van der Waals surface area contributed by atoms with Crippen molar-refractivity contribution < 1.29 is 26.6 Å². The number of rotatable bonds is 4. The van der Waals surface area contributed by atoms with Crippen LogP contribution in [0.25, 0.3) is 0 Å². The van der Waals surface area contributed by atoms with E-state index in [4.69, 9.17) is 26.6 Å². The molecular weight excluding hydrogens is 224 g/mol. The summed E-state index contributed by atoms with van der Waals surface area (Å²) in [6.45, 7) is 0. The van der Waals surface area contributed by atoms with E-state index in [1.54, 1.807) is 28.4 Å². The van der Waals surface area contributed by atoms with E-state index in [1.165, 1.54) is 0 Å². The average Bonchev–Trinajstić information content (AvgIpc) is 2.29. The highest BCUT2D eigenvalue weighted by molar-refractivity contribution is 6.68. The molecule has 1 aliphatic rings. The molecule has 0 unspecified atom stereocenters. The Hall–Kier alpha value is 0.194. The van der Waals surface area contributed by atoms with Gasteiger partial charge in [0.25, 0.3) is 0 Å². The van der Waals surface area contributed by atoms with Crippen molar-refractivity contribution in [1.82, 2.24) is 0 Å². The second-order valence-electron chi connectivity index (χ2n) is 2.76. The minimum atomic E-state index is -2.60. The van der Waals surface area contributed by atoms with Gasteiger partial charge in [0, 0.05) is 28.4 Å². The van der Waals surface area contributed by atoms with Crippen LogP contribution < -0.4 is 0 Å². The van der Waals surface area contributed by atoms with Gasteiger partial charge in [-0.2, -0.15) is 0 Å². The molecule has 1 heterocycles. The van der Waals surface area contributed by atoms with Crippen molar-refractivity contribution in [3.63, 3.8) is 0 Å². The van der Waals surface area contributed by atoms with Crippen LogP contribution in [-0.2, 0) is 26.6 Å². The fraction of sp³-hybridized carbons (Fsp3) is 1.00. The Bertz CT molecular complexity index is 149. The van der Waals surface area contributed by atoms with E-state index in [1.807, 2.05) is 0 Å². The van der Waals surface area contributed by atoms with Crippen LogP contribution in [0.3, 0.4) is 0 Å². The predicted octanol–water partition coefficient (Wildman–Crippen LogP) is -0.425. The lowest BCUT2D eigenvalue weighted by Gasteiger charge is -2.37. The summed E-state index contributed by atoms with van der Waals surface area (Å²) in [5.74, 6) is 0. The lowest BCUT2D eigenvalue weighted by atomic mass is 11.7. The van der Waals surface area contributed by atoms with Crippen molar-refractivity contribution in [1.29, 1.82) is 0 Å². The zero-order valence-corrected chi connectivity index (χ0v) is 10.9. The highest BCUT2D eigenvalue weighted by Gasteiger charge is 2.54. The van der Waals surface area contributed by atoms with Gasteiger partial charge in [0.15, 0.2) is 0 Å². The molecule has 0 atom stereocenters. The molecule has 0 spiro atoms. The molecule has 14 heavy (non-hydrogen) atoms. The van der Waals surface area contributed by atoms with Gasteiger partial charge in [0.05, 0.1) is 0 Å². The minimum Gasteiger partial charge on any atom is -0.376 e. The van der Waals surface area contributed by atoms with Gasteiger partial charge in [0.2, 0.25) is 0 Å².